The lowest BCUT2D eigenvalue weighted by Gasteiger charge is -2.16. The van der Waals surface area contributed by atoms with Gasteiger partial charge in [0.15, 0.2) is 17.4 Å². The van der Waals surface area contributed by atoms with E-state index >= 15 is 0 Å². The molecule has 2 aromatic heterocycles. The van der Waals surface area contributed by atoms with Crippen molar-refractivity contribution in [2.75, 3.05) is 6.61 Å². The third-order valence-electron chi connectivity index (χ3n) is 3.55. The summed E-state index contributed by atoms with van der Waals surface area (Å²) >= 11 is 0. The molecule has 0 amide bonds. The molecule has 1 aliphatic heterocycles. The maximum atomic E-state index is 11.0. The average molecular weight is 428 g/mol. The number of hydrogen-bond acceptors (Lipinski definition) is 10. The Morgan fingerprint density at radius 1 is 1.07 bits per heavy atom. The van der Waals surface area contributed by atoms with Gasteiger partial charge >= 0.3 is 15.6 Å². The fourth-order valence-corrected chi connectivity index (χ4v) is 3.16. The van der Waals surface area contributed by atoms with E-state index in [0.717, 1.165) is 17.2 Å². The molecule has 1 aliphatic rings. The highest BCUT2D eigenvalue weighted by Gasteiger charge is 2.45. The molecule has 27 heavy (non-hydrogen) atoms. The average Bonchev–Trinajstić information content (AvgIpc) is 3.07. The monoisotopic (exact) mass is 428 g/mol. The summed E-state index contributed by atoms with van der Waals surface area (Å²) in [5, 5.41) is 20.2. The number of aliphatic hydroxyl groups is 2. The lowest BCUT2D eigenvalue weighted by molar-refractivity contribution is -0.0504. The van der Waals surface area contributed by atoms with Crippen molar-refractivity contribution in [3.63, 3.8) is 0 Å². The second-order valence-electron chi connectivity index (χ2n) is 5.42. The van der Waals surface area contributed by atoms with Crippen LogP contribution in [0.25, 0.3) is 11.2 Å². The quantitative estimate of drug-likeness (QED) is 0.274. The predicted octanol–water partition coefficient (Wildman–Crippen LogP) is -1.97. The second kappa shape index (κ2) is 7.14. The van der Waals surface area contributed by atoms with Crippen molar-refractivity contribution in [3.8, 4) is 5.88 Å². The van der Waals surface area contributed by atoms with Crippen LogP contribution >= 0.6 is 15.6 Å². The van der Waals surface area contributed by atoms with Gasteiger partial charge in [-0.3, -0.25) is 18.9 Å². The number of phosphoric ester groups is 2. The maximum absolute atomic E-state index is 11.0. The molecule has 1 saturated heterocycles. The van der Waals surface area contributed by atoms with Gasteiger partial charge in [0.2, 0.25) is 0 Å². The Kier molecular flexibility index (Phi) is 5.35. The first kappa shape index (κ1) is 20.2. The van der Waals surface area contributed by atoms with E-state index in [0.29, 0.717) is 0 Å². The molecule has 0 radical (unpaired) electrons. The maximum Gasteiger partial charge on any atom is 0.526 e. The normalized spacial score (nSPS) is 26.6. The topological polar surface area (TPSA) is 227 Å². The third kappa shape index (κ3) is 4.50. The summed E-state index contributed by atoms with van der Waals surface area (Å²) in [6.45, 7) is -0.701. The number of aromatic nitrogens is 4. The summed E-state index contributed by atoms with van der Waals surface area (Å²) < 4.78 is 37.0. The molecule has 150 valence electrons. The van der Waals surface area contributed by atoms with Gasteiger partial charge in [-0.1, -0.05) is 0 Å². The fourth-order valence-electron chi connectivity index (χ4n) is 2.46. The van der Waals surface area contributed by atoms with Crippen molar-refractivity contribution in [1.29, 1.82) is 0 Å². The first-order chi connectivity index (χ1) is 12.5. The van der Waals surface area contributed by atoms with Gasteiger partial charge in [0.1, 0.15) is 24.6 Å². The highest BCUT2D eigenvalue weighted by atomic mass is 31.2. The van der Waals surface area contributed by atoms with Crippen LogP contribution in [0.2, 0.25) is 0 Å². The van der Waals surface area contributed by atoms with E-state index in [-0.39, 0.29) is 11.2 Å². The number of nitrogens with zero attached hydrogens (tertiary/aromatic N) is 4. The Labute approximate surface area is 149 Å². The first-order valence-electron chi connectivity index (χ1n) is 7.10. The summed E-state index contributed by atoms with van der Waals surface area (Å²) in [5.74, 6) is -0.512. The van der Waals surface area contributed by atoms with Crippen LogP contribution in [0.15, 0.2) is 12.7 Å². The molecule has 1 fully saturated rings. The molecule has 15 nitrogen and oxygen atoms in total. The van der Waals surface area contributed by atoms with E-state index in [2.05, 4.69) is 24.0 Å². The van der Waals surface area contributed by atoms with Crippen LogP contribution in [0.4, 0.5) is 0 Å². The van der Waals surface area contributed by atoms with E-state index in [1.54, 1.807) is 0 Å². The highest BCUT2D eigenvalue weighted by molar-refractivity contribution is 7.46. The zero-order valence-electron chi connectivity index (χ0n) is 13.1. The van der Waals surface area contributed by atoms with Crippen LogP contribution in [0.5, 0.6) is 5.88 Å². The molecule has 3 heterocycles. The second-order valence-corrected chi connectivity index (χ2v) is 7.82. The van der Waals surface area contributed by atoms with Crippen molar-refractivity contribution in [1.82, 2.24) is 19.5 Å². The summed E-state index contributed by atoms with van der Waals surface area (Å²) in [6.07, 6.45) is -3.63. The predicted molar refractivity (Wildman–Crippen MR) is 81.9 cm³/mol. The van der Waals surface area contributed by atoms with Crippen molar-refractivity contribution in [3.05, 3.63) is 12.7 Å². The first-order valence-corrected chi connectivity index (χ1v) is 10.2. The lowest BCUT2D eigenvalue weighted by Crippen LogP contribution is -2.33. The van der Waals surface area contributed by atoms with Crippen LogP contribution in [0, 0.1) is 0 Å². The van der Waals surface area contributed by atoms with Crippen molar-refractivity contribution in [2.24, 2.45) is 0 Å². The zero-order valence-corrected chi connectivity index (χ0v) is 14.9. The third-order valence-corrected chi connectivity index (χ3v) is 4.45. The van der Waals surface area contributed by atoms with Gasteiger partial charge in [-0.25, -0.2) is 19.1 Å². The van der Waals surface area contributed by atoms with Crippen molar-refractivity contribution in [2.45, 2.75) is 24.5 Å². The largest absolute Gasteiger partial charge is 0.526 e. The number of rotatable bonds is 6. The number of phosphoric acid groups is 2. The van der Waals surface area contributed by atoms with E-state index in [4.69, 9.17) is 24.3 Å². The minimum Gasteiger partial charge on any atom is -0.387 e. The number of hydrogen-bond donors (Lipinski definition) is 6. The van der Waals surface area contributed by atoms with Gasteiger partial charge in [-0.15, -0.1) is 0 Å². The molecule has 6 N–H and O–H groups in total. The Morgan fingerprint density at radius 3 is 2.41 bits per heavy atom. The Bertz CT molecular complexity index is 925. The molecule has 0 aromatic carbocycles. The highest BCUT2D eigenvalue weighted by Crippen LogP contribution is 2.41. The Morgan fingerprint density at radius 2 is 1.78 bits per heavy atom. The van der Waals surface area contributed by atoms with Gasteiger partial charge in [-0.2, -0.15) is 4.98 Å². The zero-order chi connectivity index (χ0) is 20.0. The summed E-state index contributed by atoms with van der Waals surface area (Å²) in [7, 11) is -9.73. The molecule has 2 aromatic rings. The van der Waals surface area contributed by atoms with Crippen molar-refractivity contribution >= 4 is 26.8 Å². The van der Waals surface area contributed by atoms with E-state index in [1.807, 2.05) is 0 Å². The Hall–Kier alpha value is -1.51. The van der Waals surface area contributed by atoms with E-state index < -0.39 is 52.7 Å². The molecule has 0 aliphatic carbocycles. The number of aliphatic hydroxyl groups excluding tert-OH is 2. The summed E-state index contributed by atoms with van der Waals surface area (Å²) in [4.78, 5) is 46.6. The number of fused-ring (bicyclic) bond motifs is 1. The van der Waals surface area contributed by atoms with Crippen LogP contribution in [-0.4, -0.2) is 74.2 Å². The molecule has 4 unspecified atom stereocenters. The lowest BCUT2D eigenvalue weighted by atomic mass is 10.1. The van der Waals surface area contributed by atoms with Gasteiger partial charge < -0.3 is 29.3 Å². The molecule has 0 bridgehead atoms. The summed E-state index contributed by atoms with van der Waals surface area (Å²) in [6, 6.07) is 0. The van der Waals surface area contributed by atoms with Gasteiger partial charge in [0, 0.05) is 0 Å². The SMILES string of the molecule is O=P(O)(O)OCC1OC(n2cnc3c(OP(=O)(O)O)ncnc32)C(O)C1O. The number of imidazole rings is 1. The molecule has 3 rings (SSSR count). The van der Waals surface area contributed by atoms with Gasteiger partial charge in [-0.05, 0) is 0 Å². The van der Waals surface area contributed by atoms with Crippen LogP contribution in [-0.2, 0) is 18.4 Å². The molecule has 17 heteroatoms. The fraction of sp³-hybridized carbons (Fsp3) is 0.500. The van der Waals surface area contributed by atoms with E-state index in [1.165, 1.54) is 0 Å². The molecular formula is C10H14N4O11P2. The molecule has 0 spiro atoms. The number of ether oxygens (including phenoxy) is 1. The van der Waals surface area contributed by atoms with Crippen LogP contribution < -0.4 is 4.52 Å². The van der Waals surface area contributed by atoms with E-state index in [9.17, 15) is 19.3 Å². The minimum absolute atomic E-state index is 0.0405. The molecule has 4 atom stereocenters. The smallest absolute Gasteiger partial charge is 0.387 e. The summed E-state index contributed by atoms with van der Waals surface area (Å²) in [5.41, 5.74) is -0.192. The van der Waals surface area contributed by atoms with Gasteiger partial charge in [0.05, 0.1) is 12.9 Å². The van der Waals surface area contributed by atoms with Crippen LogP contribution in [0.3, 0.4) is 0 Å². The van der Waals surface area contributed by atoms with Gasteiger partial charge in [0.25, 0.3) is 5.88 Å². The molecule has 0 saturated carbocycles. The minimum atomic E-state index is -4.92. The standard InChI is InChI=1S/C10H14N4O11P2/c15-6-4(1-23-26(17,18)19)24-10(7(6)16)14-3-13-5-8(14)11-2-12-9(5)25-27(20,21)22/h2-4,6-7,10,15-16H,1H2,(H2,17,18,19)(H2,20,21,22). The molecular weight excluding hydrogens is 414 g/mol. The van der Waals surface area contributed by atoms with Crippen LogP contribution in [0.1, 0.15) is 6.23 Å². The Balaban J connectivity index is 1.88. The van der Waals surface area contributed by atoms with Crippen molar-refractivity contribution < 1.29 is 52.7 Å².